The average molecular weight is 248 g/mol. The Morgan fingerprint density at radius 1 is 1.44 bits per heavy atom. The predicted octanol–water partition coefficient (Wildman–Crippen LogP) is 1.37. The van der Waals surface area contributed by atoms with Crippen LogP contribution in [0.15, 0.2) is 24.3 Å². The van der Waals surface area contributed by atoms with Gasteiger partial charge in [-0.25, -0.2) is 0 Å². The highest BCUT2D eigenvalue weighted by Crippen LogP contribution is 2.17. The van der Waals surface area contributed by atoms with Gasteiger partial charge in [0.15, 0.2) is 0 Å². The minimum absolute atomic E-state index is 0.0761. The molecule has 1 aliphatic heterocycles. The van der Waals surface area contributed by atoms with Crippen molar-refractivity contribution in [3.8, 4) is 5.75 Å². The van der Waals surface area contributed by atoms with Gasteiger partial charge in [0.25, 0.3) is 5.91 Å². The molecular weight excluding hydrogens is 228 g/mol. The maximum absolute atomic E-state index is 11.9. The van der Waals surface area contributed by atoms with Gasteiger partial charge in [-0.2, -0.15) is 0 Å². The lowest BCUT2D eigenvalue weighted by atomic mass is 9.88. The number of aromatic hydroxyl groups is 1. The van der Waals surface area contributed by atoms with E-state index in [2.05, 4.69) is 17.6 Å². The predicted molar refractivity (Wildman–Crippen MR) is 70.6 cm³/mol. The summed E-state index contributed by atoms with van der Waals surface area (Å²) in [6, 6.07) is 6.32. The van der Waals surface area contributed by atoms with Crippen molar-refractivity contribution in [1.29, 1.82) is 0 Å². The highest BCUT2D eigenvalue weighted by Gasteiger charge is 2.21. The number of amides is 1. The Hall–Kier alpha value is -1.55. The molecule has 0 spiro atoms. The molecular formula is C14H20N2O2. The van der Waals surface area contributed by atoms with E-state index in [9.17, 15) is 4.79 Å². The number of nitrogens with one attached hydrogen (secondary N) is 2. The number of carbonyl (C=O) groups excluding carboxylic acids is 1. The van der Waals surface area contributed by atoms with E-state index in [1.807, 2.05) is 0 Å². The molecule has 1 saturated heterocycles. The van der Waals surface area contributed by atoms with E-state index in [0.717, 1.165) is 13.1 Å². The fourth-order valence-corrected chi connectivity index (χ4v) is 2.27. The number of hydrogen-bond acceptors (Lipinski definition) is 3. The van der Waals surface area contributed by atoms with Gasteiger partial charge in [0, 0.05) is 12.1 Å². The molecule has 0 radical (unpaired) electrons. The van der Waals surface area contributed by atoms with Crippen LogP contribution in [0.25, 0.3) is 0 Å². The van der Waals surface area contributed by atoms with Crippen LogP contribution >= 0.6 is 0 Å². The molecule has 1 fully saturated rings. The van der Waals surface area contributed by atoms with Gasteiger partial charge in [-0.05, 0) is 55.6 Å². The lowest BCUT2D eigenvalue weighted by molar-refractivity contribution is 0.0939. The molecule has 4 nitrogen and oxygen atoms in total. The molecule has 1 aliphatic rings. The molecule has 1 aromatic rings. The maximum atomic E-state index is 11.9. The Bertz CT molecular complexity index is 403. The van der Waals surface area contributed by atoms with Crippen molar-refractivity contribution in [3.05, 3.63) is 29.8 Å². The number of phenols is 1. The number of piperidine rings is 1. The third-order valence-electron chi connectivity index (χ3n) is 3.64. The number of carbonyl (C=O) groups is 1. The molecule has 1 aromatic carbocycles. The first kappa shape index (κ1) is 12.9. The van der Waals surface area contributed by atoms with Gasteiger partial charge >= 0.3 is 0 Å². The van der Waals surface area contributed by atoms with Crippen LogP contribution in [0.4, 0.5) is 0 Å². The van der Waals surface area contributed by atoms with Crippen molar-refractivity contribution >= 4 is 5.91 Å². The molecule has 4 heteroatoms. The molecule has 3 N–H and O–H groups in total. The molecule has 0 bridgehead atoms. The van der Waals surface area contributed by atoms with Gasteiger partial charge in [-0.15, -0.1) is 0 Å². The average Bonchev–Trinajstić information content (AvgIpc) is 2.38. The van der Waals surface area contributed by atoms with Crippen LogP contribution in [-0.4, -0.2) is 30.6 Å². The minimum atomic E-state index is -0.0761. The second kappa shape index (κ2) is 5.87. The Morgan fingerprint density at radius 2 is 2.17 bits per heavy atom. The smallest absolute Gasteiger partial charge is 0.251 e. The van der Waals surface area contributed by atoms with Crippen LogP contribution in [0.5, 0.6) is 5.75 Å². The molecule has 2 rings (SSSR count). The minimum Gasteiger partial charge on any atom is -0.508 e. The van der Waals surface area contributed by atoms with Crippen LogP contribution in [0.3, 0.4) is 0 Å². The summed E-state index contributed by atoms with van der Waals surface area (Å²) in [5.74, 6) is 1.25. The second-order valence-corrected chi connectivity index (χ2v) is 4.99. The molecule has 0 saturated carbocycles. The Morgan fingerprint density at radius 3 is 2.83 bits per heavy atom. The summed E-state index contributed by atoms with van der Waals surface area (Å²) in [5.41, 5.74) is 0.587. The third kappa shape index (κ3) is 3.23. The zero-order valence-corrected chi connectivity index (χ0v) is 10.6. The molecule has 18 heavy (non-hydrogen) atoms. The summed E-state index contributed by atoms with van der Waals surface area (Å²) in [4.78, 5) is 11.9. The zero-order chi connectivity index (χ0) is 13.0. The van der Waals surface area contributed by atoms with Crippen LogP contribution in [0, 0.1) is 11.8 Å². The summed E-state index contributed by atoms with van der Waals surface area (Å²) >= 11 is 0. The van der Waals surface area contributed by atoms with Crippen LogP contribution in [-0.2, 0) is 0 Å². The quantitative estimate of drug-likeness (QED) is 0.757. The first-order valence-electron chi connectivity index (χ1n) is 6.45. The maximum Gasteiger partial charge on any atom is 0.251 e. The largest absolute Gasteiger partial charge is 0.508 e. The van der Waals surface area contributed by atoms with Gasteiger partial charge < -0.3 is 15.7 Å². The standard InChI is InChI=1S/C14H20N2O2/c1-10-6-7-15-8-12(10)9-16-14(18)11-2-4-13(17)5-3-11/h2-5,10,12,15,17H,6-9H2,1H3,(H,16,18). The van der Waals surface area contributed by atoms with E-state index in [1.54, 1.807) is 12.1 Å². The monoisotopic (exact) mass is 248 g/mol. The van der Waals surface area contributed by atoms with Gasteiger partial charge in [0.2, 0.25) is 0 Å². The van der Waals surface area contributed by atoms with Crippen molar-refractivity contribution in [2.45, 2.75) is 13.3 Å². The Balaban J connectivity index is 1.86. The fraction of sp³-hybridized carbons (Fsp3) is 0.500. The van der Waals surface area contributed by atoms with Crippen molar-refractivity contribution in [2.24, 2.45) is 11.8 Å². The van der Waals surface area contributed by atoms with E-state index in [0.29, 0.717) is 23.9 Å². The van der Waals surface area contributed by atoms with Crippen LogP contribution in [0.1, 0.15) is 23.7 Å². The highest BCUT2D eigenvalue weighted by atomic mass is 16.3. The number of benzene rings is 1. The van der Waals surface area contributed by atoms with Gasteiger partial charge in [-0.3, -0.25) is 4.79 Å². The molecule has 2 unspecified atom stereocenters. The van der Waals surface area contributed by atoms with E-state index < -0.39 is 0 Å². The summed E-state index contributed by atoms with van der Waals surface area (Å²) < 4.78 is 0. The molecule has 98 valence electrons. The van der Waals surface area contributed by atoms with Crippen molar-refractivity contribution in [3.63, 3.8) is 0 Å². The number of hydrogen-bond donors (Lipinski definition) is 3. The molecule has 0 aromatic heterocycles. The molecule has 0 aliphatic carbocycles. The topological polar surface area (TPSA) is 61.4 Å². The summed E-state index contributed by atoms with van der Waals surface area (Å²) in [6.45, 7) is 4.98. The molecule has 1 amide bonds. The SMILES string of the molecule is CC1CCNCC1CNC(=O)c1ccc(O)cc1. The lowest BCUT2D eigenvalue weighted by Gasteiger charge is -2.29. The molecule has 2 atom stereocenters. The highest BCUT2D eigenvalue weighted by molar-refractivity contribution is 5.94. The van der Waals surface area contributed by atoms with Crippen molar-refractivity contribution in [2.75, 3.05) is 19.6 Å². The number of phenolic OH excluding ortho intramolecular Hbond substituents is 1. The first-order chi connectivity index (χ1) is 8.66. The van der Waals surface area contributed by atoms with Crippen molar-refractivity contribution < 1.29 is 9.90 Å². The van der Waals surface area contributed by atoms with E-state index in [-0.39, 0.29) is 11.7 Å². The lowest BCUT2D eigenvalue weighted by Crippen LogP contribution is -2.42. The van der Waals surface area contributed by atoms with Crippen LogP contribution < -0.4 is 10.6 Å². The van der Waals surface area contributed by atoms with E-state index in [4.69, 9.17) is 5.11 Å². The Labute approximate surface area is 107 Å². The van der Waals surface area contributed by atoms with Crippen LogP contribution in [0.2, 0.25) is 0 Å². The van der Waals surface area contributed by atoms with Crippen molar-refractivity contribution in [1.82, 2.24) is 10.6 Å². The number of rotatable bonds is 3. The second-order valence-electron chi connectivity index (χ2n) is 4.99. The molecule has 1 heterocycles. The normalized spacial score (nSPS) is 23.6. The van der Waals surface area contributed by atoms with E-state index in [1.165, 1.54) is 18.6 Å². The first-order valence-corrected chi connectivity index (χ1v) is 6.45. The zero-order valence-electron chi connectivity index (χ0n) is 10.6. The van der Waals surface area contributed by atoms with Gasteiger partial charge in [0.05, 0.1) is 0 Å². The third-order valence-corrected chi connectivity index (χ3v) is 3.64. The summed E-state index contributed by atoms with van der Waals surface area (Å²) in [5, 5.41) is 15.5. The summed E-state index contributed by atoms with van der Waals surface area (Å²) in [7, 11) is 0. The van der Waals surface area contributed by atoms with Gasteiger partial charge in [-0.1, -0.05) is 6.92 Å². The van der Waals surface area contributed by atoms with E-state index >= 15 is 0 Å². The van der Waals surface area contributed by atoms with Gasteiger partial charge in [0.1, 0.15) is 5.75 Å². The summed E-state index contributed by atoms with van der Waals surface area (Å²) in [6.07, 6.45) is 1.17. The fourth-order valence-electron chi connectivity index (χ4n) is 2.27. The Kier molecular flexibility index (Phi) is 4.20.